The van der Waals surface area contributed by atoms with E-state index in [2.05, 4.69) is 4.98 Å². The Morgan fingerprint density at radius 1 is 1.47 bits per heavy atom. The van der Waals surface area contributed by atoms with Crippen LogP contribution < -0.4 is 5.73 Å². The van der Waals surface area contributed by atoms with Gasteiger partial charge in [0.25, 0.3) is 0 Å². The summed E-state index contributed by atoms with van der Waals surface area (Å²) in [5.41, 5.74) is 6.87. The Morgan fingerprint density at radius 3 is 2.74 bits per heavy atom. The summed E-state index contributed by atoms with van der Waals surface area (Å²) in [6.07, 6.45) is 8.26. The molecule has 0 aromatic carbocycles. The molecule has 0 saturated heterocycles. The normalized spacial score (nSPS) is 16.1. The van der Waals surface area contributed by atoms with Crippen molar-refractivity contribution >= 4 is 5.91 Å². The Labute approximate surface area is 115 Å². The summed E-state index contributed by atoms with van der Waals surface area (Å²) in [4.78, 5) is 18.3. The topological polar surface area (TPSA) is 59.2 Å². The number of nitrogens with two attached hydrogens (primary N) is 1. The van der Waals surface area contributed by atoms with E-state index in [1.54, 1.807) is 12.4 Å². The molecule has 2 rings (SSSR count). The summed E-state index contributed by atoms with van der Waals surface area (Å²) < 4.78 is 0. The van der Waals surface area contributed by atoms with Gasteiger partial charge in [0.1, 0.15) is 0 Å². The van der Waals surface area contributed by atoms with Gasteiger partial charge >= 0.3 is 0 Å². The second kappa shape index (κ2) is 6.66. The highest BCUT2D eigenvalue weighted by atomic mass is 16.2. The van der Waals surface area contributed by atoms with Gasteiger partial charge in [-0.25, -0.2) is 0 Å². The summed E-state index contributed by atoms with van der Waals surface area (Å²) in [6, 6.07) is 4.59. The van der Waals surface area contributed by atoms with Crippen molar-refractivity contribution in [1.82, 2.24) is 9.88 Å². The van der Waals surface area contributed by atoms with Crippen LogP contribution in [0.3, 0.4) is 0 Å². The van der Waals surface area contributed by atoms with E-state index in [-0.39, 0.29) is 11.9 Å². The third-order valence-corrected chi connectivity index (χ3v) is 3.46. The fourth-order valence-electron chi connectivity index (χ4n) is 2.21. The van der Waals surface area contributed by atoms with Gasteiger partial charge < -0.3 is 10.6 Å². The Balaban J connectivity index is 1.87. The molecule has 2 N–H and O–H groups in total. The first-order valence-electron chi connectivity index (χ1n) is 7.11. The quantitative estimate of drug-likeness (QED) is 0.817. The molecular weight excluding hydrogens is 238 g/mol. The summed E-state index contributed by atoms with van der Waals surface area (Å²) >= 11 is 0. The molecule has 0 radical (unpaired) electrons. The van der Waals surface area contributed by atoms with Crippen molar-refractivity contribution in [2.24, 2.45) is 5.73 Å². The maximum absolute atomic E-state index is 12.3. The van der Waals surface area contributed by atoms with Crippen molar-refractivity contribution in [3.8, 4) is 0 Å². The standard InChI is InChI=1S/C15H23N3O/c1-12(16)3-2-4-15(19)18(14-5-6-14)11-13-7-9-17-10-8-13/h7-10,12,14H,2-6,11,16H2,1H3. The second-order valence-corrected chi connectivity index (χ2v) is 5.48. The summed E-state index contributed by atoms with van der Waals surface area (Å²) in [6.45, 7) is 2.70. The van der Waals surface area contributed by atoms with Crippen molar-refractivity contribution in [2.45, 2.75) is 57.7 Å². The predicted molar refractivity (Wildman–Crippen MR) is 75.3 cm³/mol. The molecule has 104 valence electrons. The monoisotopic (exact) mass is 261 g/mol. The van der Waals surface area contributed by atoms with Crippen LogP contribution in [-0.4, -0.2) is 27.9 Å². The Hall–Kier alpha value is -1.42. The Kier molecular flexibility index (Phi) is 4.91. The molecule has 0 spiro atoms. The van der Waals surface area contributed by atoms with Crippen LogP contribution in [0.5, 0.6) is 0 Å². The van der Waals surface area contributed by atoms with Crippen molar-refractivity contribution in [3.05, 3.63) is 30.1 Å². The van der Waals surface area contributed by atoms with Crippen molar-refractivity contribution in [3.63, 3.8) is 0 Å². The van der Waals surface area contributed by atoms with Gasteiger partial charge in [-0.3, -0.25) is 9.78 Å². The minimum Gasteiger partial charge on any atom is -0.335 e. The van der Waals surface area contributed by atoms with Crippen LogP contribution in [0.25, 0.3) is 0 Å². The Bertz CT molecular complexity index is 401. The first-order chi connectivity index (χ1) is 9.16. The van der Waals surface area contributed by atoms with Crippen molar-refractivity contribution in [2.75, 3.05) is 0 Å². The van der Waals surface area contributed by atoms with Gasteiger partial charge in [-0.2, -0.15) is 0 Å². The molecule has 1 unspecified atom stereocenters. The van der Waals surface area contributed by atoms with E-state index in [0.717, 1.165) is 31.2 Å². The van der Waals surface area contributed by atoms with E-state index < -0.39 is 0 Å². The average Bonchev–Trinajstić information content (AvgIpc) is 3.21. The van der Waals surface area contributed by atoms with Gasteiger partial charge in [-0.05, 0) is 50.3 Å². The lowest BCUT2D eigenvalue weighted by atomic mass is 10.1. The molecule has 1 aromatic rings. The van der Waals surface area contributed by atoms with Crippen LogP contribution in [0.15, 0.2) is 24.5 Å². The lowest BCUT2D eigenvalue weighted by Gasteiger charge is -2.22. The molecule has 1 heterocycles. The highest BCUT2D eigenvalue weighted by molar-refractivity contribution is 5.76. The summed E-state index contributed by atoms with van der Waals surface area (Å²) in [7, 11) is 0. The highest BCUT2D eigenvalue weighted by Gasteiger charge is 2.32. The van der Waals surface area contributed by atoms with Gasteiger partial charge in [0.2, 0.25) is 5.91 Å². The minimum atomic E-state index is 0.183. The van der Waals surface area contributed by atoms with Gasteiger partial charge in [-0.1, -0.05) is 0 Å². The molecule has 0 aliphatic heterocycles. The maximum atomic E-state index is 12.3. The van der Waals surface area contributed by atoms with Gasteiger partial charge in [0.15, 0.2) is 0 Å². The van der Waals surface area contributed by atoms with Crippen LogP contribution in [0.4, 0.5) is 0 Å². The average molecular weight is 261 g/mol. The SMILES string of the molecule is CC(N)CCCC(=O)N(Cc1ccncc1)C1CC1. The maximum Gasteiger partial charge on any atom is 0.223 e. The van der Waals surface area contributed by atoms with Crippen LogP contribution in [0.1, 0.15) is 44.6 Å². The Morgan fingerprint density at radius 2 is 2.16 bits per heavy atom. The smallest absolute Gasteiger partial charge is 0.223 e. The van der Waals surface area contributed by atoms with E-state index in [4.69, 9.17) is 5.73 Å². The zero-order valence-electron chi connectivity index (χ0n) is 11.6. The number of carbonyl (C=O) groups excluding carboxylic acids is 1. The lowest BCUT2D eigenvalue weighted by molar-refractivity contribution is -0.132. The first kappa shape index (κ1) is 14.0. The lowest BCUT2D eigenvalue weighted by Crippen LogP contribution is -2.32. The molecule has 19 heavy (non-hydrogen) atoms. The predicted octanol–water partition coefficient (Wildman–Crippen LogP) is 2.09. The van der Waals surface area contributed by atoms with Gasteiger partial charge in [0, 0.05) is 37.4 Å². The molecule has 0 bridgehead atoms. The fraction of sp³-hybridized carbons (Fsp3) is 0.600. The second-order valence-electron chi connectivity index (χ2n) is 5.48. The van der Waals surface area contributed by atoms with E-state index in [0.29, 0.717) is 19.0 Å². The van der Waals surface area contributed by atoms with E-state index in [1.807, 2.05) is 24.0 Å². The number of pyridine rings is 1. The third kappa shape index (κ3) is 4.63. The van der Waals surface area contributed by atoms with Gasteiger partial charge in [0.05, 0.1) is 0 Å². The first-order valence-corrected chi connectivity index (χ1v) is 7.11. The molecule has 4 nitrogen and oxygen atoms in total. The highest BCUT2D eigenvalue weighted by Crippen LogP contribution is 2.29. The number of aromatic nitrogens is 1. The largest absolute Gasteiger partial charge is 0.335 e. The molecule has 1 aromatic heterocycles. The fourth-order valence-corrected chi connectivity index (χ4v) is 2.21. The van der Waals surface area contributed by atoms with E-state index in [9.17, 15) is 4.79 Å². The van der Waals surface area contributed by atoms with Crippen LogP contribution in [-0.2, 0) is 11.3 Å². The van der Waals surface area contributed by atoms with Crippen LogP contribution in [0, 0.1) is 0 Å². The zero-order chi connectivity index (χ0) is 13.7. The van der Waals surface area contributed by atoms with E-state index in [1.165, 1.54) is 0 Å². The minimum absolute atomic E-state index is 0.183. The van der Waals surface area contributed by atoms with Crippen molar-refractivity contribution in [1.29, 1.82) is 0 Å². The number of nitrogens with zero attached hydrogens (tertiary/aromatic N) is 2. The van der Waals surface area contributed by atoms with Crippen LogP contribution in [0.2, 0.25) is 0 Å². The molecule has 1 amide bonds. The molecule has 1 aliphatic rings. The summed E-state index contributed by atoms with van der Waals surface area (Å²) in [5, 5.41) is 0. The number of hydrogen-bond acceptors (Lipinski definition) is 3. The zero-order valence-corrected chi connectivity index (χ0v) is 11.6. The molecule has 1 fully saturated rings. The number of rotatable bonds is 7. The van der Waals surface area contributed by atoms with Crippen LogP contribution >= 0.6 is 0 Å². The number of hydrogen-bond donors (Lipinski definition) is 1. The molecule has 1 aliphatic carbocycles. The molecule has 4 heteroatoms. The molecule has 1 atom stereocenters. The summed E-state index contributed by atoms with van der Waals surface area (Å²) in [5.74, 6) is 0.264. The number of carbonyl (C=O) groups is 1. The third-order valence-electron chi connectivity index (χ3n) is 3.46. The molecule has 1 saturated carbocycles. The number of amides is 1. The van der Waals surface area contributed by atoms with Crippen molar-refractivity contribution < 1.29 is 4.79 Å². The molecular formula is C15H23N3O. The van der Waals surface area contributed by atoms with E-state index >= 15 is 0 Å². The van der Waals surface area contributed by atoms with Gasteiger partial charge in [-0.15, -0.1) is 0 Å².